The van der Waals surface area contributed by atoms with Crippen LogP contribution in [-0.2, 0) is 15.0 Å². The first-order valence-electron chi connectivity index (χ1n) is 14.3. The average Bonchev–Trinajstić information content (AvgIpc) is 3.64. The largest absolute Gasteiger partial charge is 0.506 e. The highest BCUT2D eigenvalue weighted by Gasteiger charge is 2.72. The molecule has 3 aromatic rings. The van der Waals surface area contributed by atoms with Crippen LogP contribution < -0.4 is 4.90 Å². The number of aromatic amines is 2. The molecule has 2 aromatic heterocycles. The Morgan fingerprint density at radius 3 is 2.59 bits per heavy atom. The summed E-state index contributed by atoms with van der Waals surface area (Å²) in [7, 11) is 2.07. The Kier molecular flexibility index (Phi) is 5.47. The first-order chi connectivity index (χ1) is 19.5. The van der Waals surface area contributed by atoms with Gasteiger partial charge in [0.25, 0.3) is 0 Å². The maximum Gasteiger partial charge on any atom is 0.233 e. The average molecular weight is 575 g/mol. The molecule has 1 saturated heterocycles. The number of likely N-dealkylation sites (N-methyl/N-ethyl adjacent to an activating group) is 1. The van der Waals surface area contributed by atoms with Crippen LogP contribution in [-0.4, -0.2) is 64.0 Å². The van der Waals surface area contributed by atoms with Crippen LogP contribution in [0.25, 0.3) is 10.9 Å². The third kappa shape index (κ3) is 3.37. The molecule has 3 N–H and O–H groups in total. The first kappa shape index (κ1) is 26.4. The minimum Gasteiger partial charge on any atom is -0.506 e. The van der Waals surface area contributed by atoms with Crippen LogP contribution in [0.4, 0.5) is 5.69 Å². The van der Waals surface area contributed by atoms with Crippen molar-refractivity contribution in [3.05, 3.63) is 58.2 Å². The highest BCUT2D eigenvalue weighted by molar-refractivity contribution is 6.19. The zero-order valence-corrected chi connectivity index (χ0v) is 24.6. The van der Waals surface area contributed by atoms with Crippen LogP contribution >= 0.6 is 11.6 Å². The van der Waals surface area contributed by atoms with E-state index in [1.54, 1.807) is 17.0 Å². The molecule has 0 radical (unpaired) electrons. The zero-order chi connectivity index (χ0) is 29.1. The maximum absolute atomic E-state index is 13.2. The van der Waals surface area contributed by atoms with E-state index >= 15 is 0 Å². The van der Waals surface area contributed by atoms with Crippen LogP contribution in [0, 0.1) is 24.7 Å². The van der Waals surface area contributed by atoms with E-state index < -0.39 is 0 Å². The molecule has 0 spiro atoms. The van der Waals surface area contributed by atoms with Gasteiger partial charge >= 0.3 is 0 Å². The number of phenols is 1. The lowest BCUT2D eigenvalue weighted by Gasteiger charge is -2.67. The van der Waals surface area contributed by atoms with Gasteiger partial charge in [-0.15, -0.1) is 11.6 Å². The lowest BCUT2D eigenvalue weighted by Crippen LogP contribution is -2.68. The Morgan fingerprint density at radius 1 is 1.20 bits per heavy atom. The number of carbonyl (C=O) groups excluding carboxylic acids is 3. The molecule has 1 aromatic carbocycles. The molecule has 41 heavy (non-hydrogen) atoms. The van der Waals surface area contributed by atoms with Gasteiger partial charge in [0.1, 0.15) is 12.0 Å². The Bertz CT molecular complexity index is 1680. The fourth-order valence-electron chi connectivity index (χ4n) is 8.56. The molecule has 2 aliphatic heterocycles. The number of benzene rings is 1. The number of hydrogen-bond acceptors (Lipinski definition) is 5. The van der Waals surface area contributed by atoms with E-state index in [0.717, 1.165) is 47.1 Å². The van der Waals surface area contributed by atoms with E-state index in [9.17, 15) is 19.5 Å². The standard InChI is InChI=1S/C19H19ClN2O3.C13H16N2O/c1-10-4-21-16-13(24)2-12-15(14(10)16)11(3-20)5-22(12)17(25)19-6-18(7-19,8-19)9-23;1-8-7-14-12-9(16)6-10-13(2,11(8)12)4-5-15(10)3/h2,4,9,11,21,24H,3,5-8H2,1H3;6-7,14H,4-5H2,1-3H3/t11-,18?,19?;/m1./s1. The number of aromatic nitrogens is 2. The Balaban J connectivity index is 0.000000149. The van der Waals surface area contributed by atoms with Gasteiger partial charge in [-0.05, 0) is 68.7 Å². The number of H-pyrrole nitrogens is 2. The second-order valence-corrected chi connectivity index (χ2v) is 13.5. The number of ketones is 1. The third-order valence-electron chi connectivity index (χ3n) is 10.5. The Hall–Kier alpha value is -3.52. The normalized spacial score (nSPS) is 30.5. The van der Waals surface area contributed by atoms with E-state index in [1.807, 2.05) is 19.3 Å². The summed E-state index contributed by atoms with van der Waals surface area (Å²) in [4.78, 5) is 46.6. The fourth-order valence-corrected chi connectivity index (χ4v) is 8.81. The van der Waals surface area contributed by atoms with Crippen LogP contribution in [0.15, 0.2) is 30.2 Å². The summed E-state index contributed by atoms with van der Waals surface area (Å²) in [5.41, 5.74) is 7.34. The molecule has 3 saturated carbocycles. The number of hydrogen-bond donors (Lipinski definition) is 3. The monoisotopic (exact) mass is 574 g/mol. The smallest absolute Gasteiger partial charge is 0.233 e. The van der Waals surface area contributed by atoms with E-state index in [2.05, 4.69) is 35.8 Å². The number of aryl methyl sites for hydroxylation is 2. The number of anilines is 1. The summed E-state index contributed by atoms with van der Waals surface area (Å²) in [6, 6.07) is 1.68. The fraction of sp³-hybridized carbons (Fsp3) is 0.469. The van der Waals surface area contributed by atoms with Crippen molar-refractivity contribution in [3.63, 3.8) is 0 Å². The number of rotatable bonds is 3. The quantitative estimate of drug-likeness (QED) is 0.294. The molecule has 9 rings (SSSR count). The number of phenolic OH excluding ortho intramolecular Hbond substituents is 1. The molecule has 1 unspecified atom stereocenters. The predicted molar refractivity (Wildman–Crippen MR) is 158 cm³/mol. The highest BCUT2D eigenvalue weighted by Crippen LogP contribution is 2.73. The molecule has 6 aliphatic rings. The Morgan fingerprint density at radius 2 is 1.90 bits per heavy atom. The van der Waals surface area contributed by atoms with Crippen LogP contribution in [0.5, 0.6) is 5.75 Å². The van der Waals surface area contributed by atoms with Gasteiger partial charge in [-0.1, -0.05) is 0 Å². The van der Waals surface area contributed by atoms with Gasteiger partial charge in [-0.3, -0.25) is 9.59 Å². The summed E-state index contributed by atoms with van der Waals surface area (Å²) in [5.74, 6) is 0.816. The van der Waals surface area contributed by atoms with E-state index in [-0.39, 0.29) is 39.6 Å². The number of fused-ring (bicyclic) bond motifs is 6. The minimum atomic E-state index is -0.378. The van der Waals surface area contributed by atoms with Crippen molar-refractivity contribution < 1.29 is 19.5 Å². The van der Waals surface area contributed by atoms with Gasteiger partial charge < -0.3 is 29.7 Å². The molecule has 8 nitrogen and oxygen atoms in total. The molecule has 9 heteroatoms. The molecule has 4 heterocycles. The predicted octanol–water partition coefficient (Wildman–Crippen LogP) is 5.22. The number of amides is 1. The topological polar surface area (TPSA) is 110 Å². The Labute approximate surface area is 243 Å². The number of nitrogens with one attached hydrogen (secondary N) is 2. The van der Waals surface area contributed by atoms with Crippen molar-refractivity contribution in [1.82, 2.24) is 14.9 Å². The van der Waals surface area contributed by atoms with E-state index in [1.165, 1.54) is 16.8 Å². The minimum absolute atomic E-state index is 0.0298. The van der Waals surface area contributed by atoms with Crippen molar-refractivity contribution in [3.8, 4) is 5.75 Å². The van der Waals surface area contributed by atoms with Gasteiger partial charge in [0.15, 0.2) is 0 Å². The molecular formula is C32H35ClN4O4. The second kappa shape index (κ2) is 8.51. The van der Waals surface area contributed by atoms with Gasteiger partial charge in [-0.2, -0.15) is 0 Å². The maximum atomic E-state index is 13.2. The number of alkyl halides is 1. The van der Waals surface area contributed by atoms with Gasteiger partial charge in [0.2, 0.25) is 11.7 Å². The van der Waals surface area contributed by atoms with E-state index in [4.69, 9.17) is 11.6 Å². The number of carbonyl (C=O) groups is 3. The molecule has 4 fully saturated rings. The van der Waals surface area contributed by atoms with Gasteiger partial charge in [-0.25, -0.2) is 0 Å². The van der Waals surface area contributed by atoms with Crippen molar-refractivity contribution in [2.24, 2.45) is 10.8 Å². The first-order valence-corrected chi connectivity index (χ1v) is 14.8. The van der Waals surface area contributed by atoms with Gasteiger partial charge in [0.05, 0.1) is 22.3 Å². The molecule has 2 atom stereocenters. The van der Waals surface area contributed by atoms with Crippen molar-refractivity contribution in [2.75, 3.05) is 30.9 Å². The highest BCUT2D eigenvalue weighted by atomic mass is 35.5. The molecule has 4 aliphatic carbocycles. The van der Waals surface area contributed by atoms with Crippen molar-refractivity contribution in [2.45, 2.75) is 57.8 Å². The van der Waals surface area contributed by atoms with Crippen LogP contribution in [0.2, 0.25) is 0 Å². The zero-order valence-electron chi connectivity index (χ0n) is 23.9. The number of likely N-dealkylation sites (tertiary alicyclic amines) is 1. The molecule has 2 bridgehead atoms. The summed E-state index contributed by atoms with van der Waals surface area (Å²) in [6.07, 6.45) is 9.71. The van der Waals surface area contributed by atoms with E-state index in [0.29, 0.717) is 37.2 Å². The lowest BCUT2D eigenvalue weighted by atomic mass is 9.35. The summed E-state index contributed by atoms with van der Waals surface area (Å²) >= 11 is 6.22. The summed E-state index contributed by atoms with van der Waals surface area (Å²) in [6.45, 7) is 7.88. The lowest BCUT2D eigenvalue weighted by molar-refractivity contribution is -0.197. The van der Waals surface area contributed by atoms with Crippen molar-refractivity contribution in [1.29, 1.82) is 0 Å². The van der Waals surface area contributed by atoms with Crippen LogP contribution in [0.3, 0.4) is 0 Å². The number of halogens is 1. The summed E-state index contributed by atoms with van der Waals surface area (Å²) < 4.78 is 0. The molecular weight excluding hydrogens is 540 g/mol. The number of nitrogens with zero attached hydrogens (tertiary/aromatic N) is 2. The number of aldehydes is 1. The summed E-state index contributed by atoms with van der Waals surface area (Å²) in [5, 5.41) is 11.4. The number of aromatic hydroxyl groups is 1. The second-order valence-electron chi connectivity index (χ2n) is 13.2. The number of allylic oxidation sites excluding steroid dienone is 2. The van der Waals surface area contributed by atoms with Crippen molar-refractivity contribution >= 4 is 46.2 Å². The SMILES string of the molecule is Cc1c[nH]c2c(O)cc3c(c12)[C@H](CCl)CN3C(=O)C12CC(C=O)(C1)C2.Cc1c[nH]c2c1C1(C)CCN(C)C1=CC2=O. The third-order valence-corrected chi connectivity index (χ3v) is 10.9. The van der Waals surface area contributed by atoms with Crippen LogP contribution in [0.1, 0.15) is 71.3 Å². The molecule has 1 amide bonds. The van der Waals surface area contributed by atoms with Gasteiger partial charge in [0, 0.05) is 78.4 Å². The molecule has 214 valence electrons.